The van der Waals surface area contributed by atoms with Crippen LogP contribution in [0.3, 0.4) is 0 Å². The molecule has 0 amide bonds. The quantitative estimate of drug-likeness (QED) is 0.806. The van der Waals surface area contributed by atoms with Gasteiger partial charge in [-0.2, -0.15) is 0 Å². The molecule has 1 aromatic rings. The van der Waals surface area contributed by atoms with E-state index in [4.69, 9.17) is 4.74 Å². The molecule has 88 valence electrons. The maximum atomic E-state index is 5.38. The normalized spacial score (nSPS) is 20.9. The molecule has 3 nitrogen and oxygen atoms in total. The van der Waals surface area contributed by atoms with Crippen molar-refractivity contribution in [2.45, 2.75) is 19.6 Å². The van der Waals surface area contributed by atoms with E-state index in [1.165, 1.54) is 11.1 Å². The third-order valence-electron chi connectivity index (χ3n) is 2.90. The van der Waals surface area contributed by atoms with Gasteiger partial charge in [-0.05, 0) is 18.1 Å². The molecule has 1 saturated heterocycles. The number of nitrogens with one attached hydrogen (secondary N) is 2. The lowest BCUT2D eigenvalue weighted by Gasteiger charge is -2.25. The van der Waals surface area contributed by atoms with Crippen LogP contribution in [0.25, 0.3) is 0 Å². The highest BCUT2D eigenvalue weighted by Crippen LogP contribution is 2.15. The number of piperazine rings is 1. The molecule has 1 fully saturated rings. The first-order valence-electron chi connectivity index (χ1n) is 6.01. The van der Waals surface area contributed by atoms with Gasteiger partial charge in [-0.25, -0.2) is 0 Å². The molecule has 1 aliphatic heterocycles. The molecule has 3 heteroatoms. The summed E-state index contributed by atoms with van der Waals surface area (Å²) in [5.74, 6) is 0. The summed E-state index contributed by atoms with van der Waals surface area (Å²) in [7, 11) is 0. The zero-order valence-corrected chi connectivity index (χ0v) is 9.83. The molecule has 1 aliphatic rings. The third kappa shape index (κ3) is 3.04. The molecular formula is C13H20N2O. The topological polar surface area (TPSA) is 33.3 Å². The predicted molar refractivity (Wildman–Crippen MR) is 65.4 cm³/mol. The minimum Gasteiger partial charge on any atom is -0.377 e. The summed E-state index contributed by atoms with van der Waals surface area (Å²) in [6.07, 6.45) is 0. The SMILES string of the molecule is CCOCc1ccc(C2CNCCN2)cc1. The molecule has 1 atom stereocenters. The van der Waals surface area contributed by atoms with Crippen molar-refractivity contribution in [1.29, 1.82) is 0 Å². The molecule has 0 aliphatic carbocycles. The summed E-state index contributed by atoms with van der Waals surface area (Å²) in [6, 6.07) is 9.15. The van der Waals surface area contributed by atoms with Crippen LogP contribution < -0.4 is 10.6 Å². The van der Waals surface area contributed by atoms with E-state index in [1.54, 1.807) is 0 Å². The van der Waals surface area contributed by atoms with Crippen LogP contribution in [-0.2, 0) is 11.3 Å². The maximum Gasteiger partial charge on any atom is 0.0716 e. The van der Waals surface area contributed by atoms with Gasteiger partial charge < -0.3 is 15.4 Å². The standard InChI is InChI=1S/C13H20N2O/c1-2-16-10-11-3-5-12(6-4-11)13-9-14-7-8-15-13/h3-6,13-15H,2,7-10H2,1H3. The van der Waals surface area contributed by atoms with Crippen LogP contribution >= 0.6 is 0 Å². The Hall–Kier alpha value is -0.900. The Kier molecular flexibility index (Phi) is 4.34. The summed E-state index contributed by atoms with van der Waals surface area (Å²) in [4.78, 5) is 0. The molecule has 2 N–H and O–H groups in total. The Morgan fingerprint density at radius 3 is 2.69 bits per heavy atom. The van der Waals surface area contributed by atoms with E-state index < -0.39 is 0 Å². The van der Waals surface area contributed by atoms with Crippen molar-refractivity contribution < 1.29 is 4.74 Å². The molecule has 1 unspecified atom stereocenters. The minimum atomic E-state index is 0.454. The summed E-state index contributed by atoms with van der Waals surface area (Å²) >= 11 is 0. The molecule has 0 radical (unpaired) electrons. The lowest BCUT2D eigenvalue weighted by Crippen LogP contribution is -2.42. The van der Waals surface area contributed by atoms with Crippen LogP contribution in [0.5, 0.6) is 0 Å². The highest BCUT2D eigenvalue weighted by atomic mass is 16.5. The smallest absolute Gasteiger partial charge is 0.0716 e. The lowest BCUT2D eigenvalue weighted by atomic mass is 10.0. The first kappa shape index (κ1) is 11.6. The van der Waals surface area contributed by atoms with Gasteiger partial charge in [0.2, 0.25) is 0 Å². The van der Waals surface area contributed by atoms with Crippen molar-refractivity contribution >= 4 is 0 Å². The van der Waals surface area contributed by atoms with E-state index in [2.05, 4.69) is 34.9 Å². The van der Waals surface area contributed by atoms with Gasteiger partial charge in [0.15, 0.2) is 0 Å². The van der Waals surface area contributed by atoms with Crippen molar-refractivity contribution in [2.24, 2.45) is 0 Å². The number of hydrogen-bond acceptors (Lipinski definition) is 3. The van der Waals surface area contributed by atoms with Crippen LogP contribution in [0.1, 0.15) is 24.1 Å². The molecule has 2 rings (SSSR count). The van der Waals surface area contributed by atoms with Crippen LogP contribution in [0.4, 0.5) is 0 Å². The number of ether oxygens (including phenoxy) is 1. The second-order valence-electron chi connectivity index (χ2n) is 4.09. The van der Waals surface area contributed by atoms with Gasteiger partial charge in [-0.3, -0.25) is 0 Å². The average Bonchev–Trinajstić information content (AvgIpc) is 2.38. The van der Waals surface area contributed by atoms with Crippen LogP contribution in [0, 0.1) is 0 Å². The number of benzene rings is 1. The number of hydrogen-bond donors (Lipinski definition) is 2. The maximum absolute atomic E-state index is 5.38. The molecule has 0 aromatic heterocycles. The Labute approximate surface area is 97.2 Å². The molecule has 0 bridgehead atoms. The molecule has 1 aromatic carbocycles. The van der Waals surface area contributed by atoms with Crippen LogP contribution in [0.2, 0.25) is 0 Å². The molecular weight excluding hydrogens is 200 g/mol. The van der Waals surface area contributed by atoms with Gasteiger partial charge in [0.05, 0.1) is 6.61 Å². The van der Waals surface area contributed by atoms with Crippen molar-refractivity contribution in [3.63, 3.8) is 0 Å². The summed E-state index contributed by atoms with van der Waals surface area (Å²) in [5, 5.41) is 6.90. The fourth-order valence-corrected chi connectivity index (χ4v) is 1.96. The van der Waals surface area contributed by atoms with E-state index in [-0.39, 0.29) is 0 Å². The lowest BCUT2D eigenvalue weighted by molar-refractivity contribution is 0.134. The third-order valence-corrected chi connectivity index (χ3v) is 2.90. The van der Waals surface area contributed by atoms with Crippen molar-refractivity contribution in [3.8, 4) is 0 Å². The summed E-state index contributed by atoms with van der Waals surface area (Å²) in [6.45, 7) is 6.64. The highest BCUT2D eigenvalue weighted by molar-refractivity contribution is 5.25. The zero-order valence-electron chi connectivity index (χ0n) is 9.83. The second kappa shape index (κ2) is 5.99. The molecule has 1 heterocycles. The largest absolute Gasteiger partial charge is 0.377 e. The summed E-state index contributed by atoms with van der Waals surface area (Å²) < 4.78 is 5.38. The van der Waals surface area contributed by atoms with E-state index in [1.807, 2.05) is 6.92 Å². The monoisotopic (exact) mass is 220 g/mol. The van der Waals surface area contributed by atoms with Crippen molar-refractivity contribution in [3.05, 3.63) is 35.4 Å². The van der Waals surface area contributed by atoms with Crippen molar-refractivity contribution in [1.82, 2.24) is 10.6 Å². The Balaban J connectivity index is 1.95. The average molecular weight is 220 g/mol. The van der Waals surface area contributed by atoms with Gasteiger partial charge in [-0.1, -0.05) is 24.3 Å². The van der Waals surface area contributed by atoms with Gasteiger partial charge in [0.1, 0.15) is 0 Å². The first-order chi connectivity index (χ1) is 7.90. The molecule has 0 saturated carbocycles. The Bertz CT molecular complexity index is 304. The molecule has 16 heavy (non-hydrogen) atoms. The second-order valence-corrected chi connectivity index (χ2v) is 4.09. The fraction of sp³-hybridized carbons (Fsp3) is 0.538. The fourth-order valence-electron chi connectivity index (χ4n) is 1.96. The van der Waals surface area contributed by atoms with E-state index in [9.17, 15) is 0 Å². The van der Waals surface area contributed by atoms with Gasteiger partial charge in [0, 0.05) is 32.3 Å². The van der Waals surface area contributed by atoms with Gasteiger partial charge >= 0.3 is 0 Å². The van der Waals surface area contributed by atoms with E-state index in [0.29, 0.717) is 12.6 Å². The van der Waals surface area contributed by atoms with E-state index in [0.717, 1.165) is 26.2 Å². The van der Waals surface area contributed by atoms with E-state index >= 15 is 0 Å². The number of rotatable bonds is 4. The predicted octanol–water partition coefficient (Wildman–Crippen LogP) is 1.46. The minimum absolute atomic E-state index is 0.454. The molecule has 0 spiro atoms. The summed E-state index contributed by atoms with van der Waals surface area (Å²) in [5.41, 5.74) is 2.60. The highest BCUT2D eigenvalue weighted by Gasteiger charge is 2.13. The van der Waals surface area contributed by atoms with Gasteiger partial charge in [-0.15, -0.1) is 0 Å². The Morgan fingerprint density at radius 1 is 1.25 bits per heavy atom. The van der Waals surface area contributed by atoms with Crippen LogP contribution in [0.15, 0.2) is 24.3 Å². The zero-order chi connectivity index (χ0) is 11.2. The van der Waals surface area contributed by atoms with Gasteiger partial charge in [0.25, 0.3) is 0 Å². The van der Waals surface area contributed by atoms with Crippen molar-refractivity contribution in [2.75, 3.05) is 26.2 Å². The first-order valence-corrected chi connectivity index (χ1v) is 6.01. The Morgan fingerprint density at radius 2 is 2.06 bits per heavy atom. The van der Waals surface area contributed by atoms with Crippen LogP contribution in [-0.4, -0.2) is 26.2 Å².